The summed E-state index contributed by atoms with van der Waals surface area (Å²) in [4.78, 5) is 6.94. The standard InChI is InChI=1S/C8H5Br2N.C3H3NS/c9-7-5-3-1-2-4-6(5)11-8(7)10;1-2-5-3-4-1/h1-4,11H;1-3H. The number of halogens is 2. The summed E-state index contributed by atoms with van der Waals surface area (Å²) in [5.74, 6) is 0. The minimum Gasteiger partial charge on any atom is -0.348 e. The average Bonchev–Trinajstić information content (AvgIpc) is 2.93. The third-order valence-corrected chi connectivity index (χ3v) is 4.42. The topological polar surface area (TPSA) is 28.7 Å². The minimum atomic E-state index is 0.999. The van der Waals surface area contributed by atoms with Crippen LogP contribution in [-0.2, 0) is 0 Å². The van der Waals surface area contributed by atoms with Gasteiger partial charge in [-0.25, -0.2) is 0 Å². The van der Waals surface area contributed by atoms with Gasteiger partial charge in [-0.15, -0.1) is 11.3 Å². The molecule has 0 aliphatic rings. The monoisotopic (exact) mass is 358 g/mol. The molecule has 82 valence electrons. The smallest absolute Gasteiger partial charge is 0.0975 e. The van der Waals surface area contributed by atoms with Crippen LogP contribution in [0.25, 0.3) is 10.9 Å². The molecule has 5 heteroatoms. The van der Waals surface area contributed by atoms with Crippen molar-refractivity contribution in [2.75, 3.05) is 0 Å². The molecule has 2 nitrogen and oxygen atoms in total. The lowest BCUT2D eigenvalue weighted by molar-refractivity contribution is 1.40. The van der Waals surface area contributed by atoms with Gasteiger partial charge in [0.05, 0.1) is 14.6 Å². The third kappa shape index (κ3) is 2.72. The molecule has 3 aromatic rings. The van der Waals surface area contributed by atoms with Crippen LogP contribution in [0.15, 0.2) is 50.4 Å². The van der Waals surface area contributed by atoms with Crippen LogP contribution in [0.2, 0.25) is 0 Å². The van der Waals surface area contributed by atoms with Crippen LogP contribution in [-0.4, -0.2) is 9.97 Å². The Morgan fingerprint density at radius 1 is 1.19 bits per heavy atom. The van der Waals surface area contributed by atoms with Crippen molar-refractivity contribution in [3.8, 4) is 0 Å². The second kappa shape index (κ2) is 5.61. The quantitative estimate of drug-likeness (QED) is 0.611. The fourth-order valence-electron chi connectivity index (χ4n) is 1.25. The van der Waals surface area contributed by atoms with Gasteiger partial charge in [-0.05, 0) is 37.9 Å². The van der Waals surface area contributed by atoms with Crippen molar-refractivity contribution in [3.63, 3.8) is 0 Å². The Morgan fingerprint density at radius 3 is 2.56 bits per heavy atom. The molecule has 0 fully saturated rings. The van der Waals surface area contributed by atoms with Crippen molar-refractivity contribution in [2.24, 2.45) is 0 Å². The third-order valence-electron chi connectivity index (χ3n) is 1.95. The molecule has 0 aliphatic heterocycles. The van der Waals surface area contributed by atoms with Gasteiger partial charge < -0.3 is 4.98 Å². The van der Waals surface area contributed by atoms with E-state index in [-0.39, 0.29) is 0 Å². The number of rotatable bonds is 0. The number of H-pyrrole nitrogens is 1. The van der Waals surface area contributed by atoms with E-state index in [1.165, 1.54) is 5.39 Å². The molecule has 0 unspecified atom stereocenters. The van der Waals surface area contributed by atoms with Crippen molar-refractivity contribution in [1.29, 1.82) is 0 Å². The zero-order chi connectivity index (χ0) is 11.4. The van der Waals surface area contributed by atoms with Gasteiger partial charge in [-0.3, -0.25) is 4.98 Å². The fraction of sp³-hybridized carbons (Fsp3) is 0. The van der Waals surface area contributed by atoms with Crippen molar-refractivity contribution in [2.45, 2.75) is 0 Å². The Kier molecular flexibility index (Phi) is 4.15. The molecule has 0 amide bonds. The highest BCUT2D eigenvalue weighted by atomic mass is 79.9. The van der Waals surface area contributed by atoms with Crippen LogP contribution >= 0.6 is 43.2 Å². The summed E-state index contributed by atoms with van der Waals surface area (Å²) in [6, 6.07) is 8.15. The number of aromatic amines is 1. The lowest BCUT2D eigenvalue weighted by Crippen LogP contribution is -1.63. The zero-order valence-electron chi connectivity index (χ0n) is 8.15. The molecular weight excluding hydrogens is 352 g/mol. The van der Waals surface area contributed by atoms with E-state index in [4.69, 9.17) is 0 Å². The van der Waals surface area contributed by atoms with Gasteiger partial charge in [0.15, 0.2) is 0 Å². The summed E-state index contributed by atoms with van der Waals surface area (Å²) in [6.07, 6.45) is 1.77. The second-order valence-electron chi connectivity index (χ2n) is 2.97. The number of hydrogen-bond donors (Lipinski definition) is 1. The van der Waals surface area contributed by atoms with E-state index in [1.54, 1.807) is 23.0 Å². The normalized spacial score (nSPS) is 9.88. The summed E-state index contributed by atoms with van der Waals surface area (Å²) in [5.41, 5.74) is 2.94. The van der Waals surface area contributed by atoms with E-state index in [0.717, 1.165) is 14.6 Å². The molecule has 0 atom stereocenters. The van der Waals surface area contributed by atoms with Crippen LogP contribution in [0.3, 0.4) is 0 Å². The number of hydrogen-bond acceptors (Lipinski definition) is 2. The van der Waals surface area contributed by atoms with E-state index in [9.17, 15) is 0 Å². The van der Waals surface area contributed by atoms with Crippen LogP contribution in [0.1, 0.15) is 0 Å². The maximum absolute atomic E-state index is 3.74. The molecule has 1 aromatic carbocycles. The van der Waals surface area contributed by atoms with E-state index in [0.29, 0.717) is 0 Å². The summed E-state index contributed by atoms with van der Waals surface area (Å²) >= 11 is 8.48. The molecule has 3 rings (SSSR count). The Bertz CT molecular complexity index is 543. The summed E-state index contributed by atoms with van der Waals surface area (Å²) in [5, 5.41) is 3.14. The predicted molar refractivity (Wildman–Crippen MR) is 75.8 cm³/mol. The molecule has 0 bridgehead atoms. The number of aromatic nitrogens is 2. The Hall–Kier alpha value is -0.650. The number of nitrogens with one attached hydrogen (secondary N) is 1. The first kappa shape index (κ1) is 11.8. The number of benzene rings is 1. The first-order valence-electron chi connectivity index (χ1n) is 4.53. The molecule has 16 heavy (non-hydrogen) atoms. The number of nitrogens with zero attached hydrogens (tertiary/aromatic N) is 1. The Balaban J connectivity index is 0.000000162. The van der Waals surface area contributed by atoms with Gasteiger partial charge in [0.25, 0.3) is 0 Å². The molecule has 2 heterocycles. The number of fused-ring (bicyclic) bond motifs is 1. The maximum Gasteiger partial charge on any atom is 0.0975 e. The van der Waals surface area contributed by atoms with Gasteiger partial charge in [0.2, 0.25) is 0 Å². The predicted octanol–water partition coefficient (Wildman–Crippen LogP) is 4.84. The van der Waals surface area contributed by atoms with Gasteiger partial charge in [0.1, 0.15) is 0 Å². The van der Waals surface area contributed by atoms with Crippen molar-refractivity contribution in [1.82, 2.24) is 9.97 Å². The highest BCUT2D eigenvalue weighted by Gasteiger charge is 2.03. The largest absolute Gasteiger partial charge is 0.348 e. The lowest BCUT2D eigenvalue weighted by Gasteiger charge is -1.85. The lowest BCUT2D eigenvalue weighted by atomic mass is 10.3. The Labute approximate surface area is 114 Å². The SMILES string of the molecule is Brc1[nH]c2ccccc2c1Br.c1cscn1. The molecule has 0 saturated heterocycles. The first-order valence-corrected chi connectivity index (χ1v) is 7.06. The van der Waals surface area contributed by atoms with Gasteiger partial charge >= 0.3 is 0 Å². The minimum absolute atomic E-state index is 0.999. The van der Waals surface area contributed by atoms with E-state index < -0.39 is 0 Å². The highest BCUT2D eigenvalue weighted by molar-refractivity contribution is 9.13. The van der Waals surface area contributed by atoms with Crippen LogP contribution in [0.4, 0.5) is 0 Å². The average molecular weight is 360 g/mol. The first-order chi connectivity index (χ1) is 7.79. The van der Waals surface area contributed by atoms with Gasteiger partial charge in [-0.2, -0.15) is 0 Å². The molecule has 0 spiro atoms. The van der Waals surface area contributed by atoms with E-state index in [1.807, 2.05) is 23.6 Å². The molecular formula is C11H8Br2N2S. The number of thiazole rings is 1. The molecule has 0 aliphatic carbocycles. The van der Waals surface area contributed by atoms with Crippen molar-refractivity contribution in [3.05, 3.63) is 50.4 Å². The summed E-state index contributed by atoms with van der Waals surface area (Å²) < 4.78 is 2.09. The fourth-order valence-corrected chi connectivity index (χ4v) is 2.47. The van der Waals surface area contributed by atoms with Crippen molar-refractivity contribution < 1.29 is 0 Å². The van der Waals surface area contributed by atoms with Gasteiger partial charge in [0, 0.05) is 22.5 Å². The van der Waals surface area contributed by atoms with E-state index >= 15 is 0 Å². The van der Waals surface area contributed by atoms with Crippen LogP contribution < -0.4 is 0 Å². The molecule has 2 aromatic heterocycles. The summed E-state index contributed by atoms with van der Waals surface area (Å²) in [7, 11) is 0. The Morgan fingerprint density at radius 2 is 2.00 bits per heavy atom. The van der Waals surface area contributed by atoms with E-state index in [2.05, 4.69) is 47.9 Å². The highest BCUT2D eigenvalue weighted by Crippen LogP contribution is 2.30. The zero-order valence-corrected chi connectivity index (χ0v) is 12.1. The van der Waals surface area contributed by atoms with Crippen LogP contribution in [0, 0.1) is 0 Å². The molecule has 1 N–H and O–H groups in total. The van der Waals surface area contributed by atoms with Gasteiger partial charge in [-0.1, -0.05) is 18.2 Å². The van der Waals surface area contributed by atoms with Crippen molar-refractivity contribution >= 4 is 54.1 Å². The summed E-state index contributed by atoms with van der Waals surface area (Å²) in [6.45, 7) is 0. The number of para-hydroxylation sites is 1. The second-order valence-corrected chi connectivity index (χ2v) is 5.32. The molecule has 0 radical (unpaired) electrons. The van der Waals surface area contributed by atoms with Crippen LogP contribution in [0.5, 0.6) is 0 Å². The molecule has 0 saturated carbocycles. The maximum atomic E-state index is 3.74.